The average Bonchev–Trinajstić information content (AvgIpc) is 3.39. The molecule has 1 fully saturated rings. The highest BCUT2D eigenvalue weighted by molar-refractivity contribution is 5.64. The molecule has 146 valence electrons. The van der Waals surface area contributed by atoms with Crippen LogP contribution >= 0.6 is 0 Å². The standard InChI is InChI=1S/C16H17FN8O3/c17-14-7-13(24-10-18-21-22-24)1-2-15(14)28-9-11-8-19-25(20-11)12-3-5-23(6-4-12)16(26)27/h1-2,7-8,10,12H,3-6,9H2,(H,26,27). The van der Waals surface area contributed by atoms with Crippen molar-refractivity contribution in [1.29, 1.82) is 0 Å². The summed E-state index contributed by atoms with van der Waals surface area (Å²) in [7, 11) is 0. The zero-order valence-electron chi connectivity index (χ0n) is 14.7. The monoisotopic (exact) mass is 388 g/mol. The van der Waals surface area contributed by atoms with Gasteiger partial charge in [-0.05, 0) is 35.4 Å². The Balaban J connectivity index is 1.35. The number of aromatic nitrogens is 7. The van der Waals surface area contributed by atoms with Crippen LogP contribution in [-0.4, -0.2) is 64.4 Å². The second kappa shape index (κ2) is 7.58. The number of ether oxygens (including phenoxy) is 1. The van der Waals surface area contributed by atoms with Gasteiger partial charge < -0.3 is 14.7 Å². The molecule has 0 unspecified atom stereocenters. The van der Waals surface area contributed by atoms with Gasteiger partial charge in [0.25, 0.3) is 0 Å². The summed E-state index contributed by atoms with van der Waals surface area (Å²) in [4.78, 5) is 13.9. The van der Waals surface area contributed by atoms with Gasteiger partial charge in [0.2, 0.25) is 0 Å². The Morgan fingerprint density at radius 2 is 2.14 bits per heavy atom. The van der Waals surface area contributed by atoms with E-state index >= 15 is 0 Å². The molecular weight excluding hydrogens is 371 g/mol. The van der Waals surface area contributed by atoms with Crippen molar-refractivity contribution in [3.63, 3.8) is 0 Å². The molecule has 0 atom stereocenters. The van der Waals surface area contributed by atoms with E-state index in [1.54, 1.807) is 17.1 Å². The second-order valence-electron chi connectivity index (χ2n) is 6.31. The van der Waals surface area contributed by atoms with Crippen LogP contribution in [0.4, 0.5) is 9.18 Å². The second-order valence-corrected chi connectivity index (χ2v) is 6.31. The highest BCUT2D eigenvalue weighted by Gasteiger charge is 2.24. The molecule has 3 aromatic rings. The number of hydrogen-bond donors (Lipinski definition) is 1. The van der Waals surface area contributed by atoms with Crippen molar-refractivity contribution in [2.45, 2.75) is 25.5 Å². The van der Waals surface area contributed by atoms with Crippen molar-refractivity contribution >= 4 is 6.09 Å². The number of piperidine rings is 1. The number of tetrazole rings is 1. The topological polar surface area (TPSA) is 124 Å². The zero-order valence-corrected chi connectivity index (χ0v) is 14.7. The smallest absolute Gasteiger partial charge is 0.407 e. The largest absolute Gasteiger partial charge is 0.484 e. The Bertz CT molecular complexity index is 953. The first-order valence-electron chi connectivity index (χ1n) is 8.64. The number of carboxylic acid groups (broad SMARTS) is 1. The minimum Gasteiger partial charge on any atom is -0.484 e. The van der Waals surface area contributed by atoms with Crippen molar-refractivity contribution in [2.75, 3.05) is 13.1 Å². The highest BCUT2D eigenvalue weighted by Crippen LogP contribution is 2.23. The Hall–Kier alpha value is -3.57. The number of rotatable bonds is 5. The predicted molar refractivity (Wildman–Crippen MR) is 91.3 cm³/mol. The lowest BCUT2D eigenvalue weighted by molar-refractivity contribution is 0.121. The third-order valence-corrected chi connectivity index (χ3v) is 4.52. The summed E-state index contributed by atoms with van der Waals surface area (Å²) in [5.74, 6) is -0.456. The quantitative estimate of drug-likeness (QED) is 0.693. The van der Waals surface area contributed by atoms with E-state index in [1.807, 2.05) is 0 Å². The fourth-order valence-corrected chi connectivity index (χ4v) is 3.02. The molecule has 28 heavy (non-hydrogen) atoms. The van der Waals surface area contributed by atoms with Crippen molar-refractivity contribution in [3.8, 4) is 11.4 Å². The maximum atomic E-state index is 14.2. The van der Waals surface area contributed by atoms with Crippen LogP contribution in [0.25, 0.3) is 5.69 Å². The summed E-state index contributed by atoms with van der Waals surface area (Å²) in [5, 5.41) is 28.3. The molecule has 0 spiro atoms. The number of likely N-dealkylation sites (tertiary alicyclic amines) is 1. The summed E-state index contributed by atoms with van der Waals surface area (Å²) in [6.45, 7) is 0.966. The van der Waals surface area contributed by atoms with Gasteiger partial charge in [0, 0.05) is 19.2 Å². The van der Waals surface area contributed by atoms with E-state index in [0.29, 0.717) is 37.3 Å². The van der Waals surface area contributed by atoms with Gasteiger partial charge in [-0.2, -0.15) is 15.0 Å². The molecular formula is C16H17FN8O3. The van der Waals surface area contributed by atoms with E-state index in [0.717, 1.165) is 0 Å². The molecule has 0 radical (unpaired) electrons. The predicted octanol–water partition coefficient (Wildman–Crippen LogP) is 1.29. The van der Waals surface area contributed by atoms with Gasteiger partial charge in [-0.3, -0.25) is 0 Å². The van der Waals surface area contributed by atoms with Crippen molar-refractivity contribution in [3.05, 3.63) is 42.2 Å². The molecule has 12 heteroatoms. The van der Waals surface area contributed by atoms with Crippen molar-refractivity contribution < 1.29 is 19.0 Å². The van der Waals surface area contributed by atoms with Gasteiger partial charge in [-0.15, -0.1) is 5.10 Å². The van der Waals surface area contributed by atoms with Gasteiger partial charge in [0.1, 0.15) is 18.6 Å². The first kappa shape index (κ1) is 17.8. The van der Waals surface area contributed by atoms with Crippen LogP contribution in [-0.2, 0) is 6.61 Å². The van der Waals surface area contributed by atoms with E-state index < -0.39 is 11.9 Å². The van der Waals surface area contributed by atoms with E-state index in [1.165, 1.54) is 28.0 Å². The summed E-state index contributed by atoms with van der Waals surface area (Å²) in [6, 6.07) is 4.45. The van der Waals surface area contributed by atoms with Gasteiger partial charge in [-0.25, -0.2) is 13.9 Å². The van der Waals surface area contributed by atoms with Gasteiger partial charge >= 0.3 is 6.09 Å². The van der Waals surface area contributed by atoms with Crippen molar-refractivity contribution in [1.82, 2.24) is 40.1 Å². The molecule has 4 rings (SSSR count). The molecule has 1 aromatic carbocycles. The lowest BCUT2D eigenvalue weighted by Gasteiger charge is -2.29. The van der Waals surface area contributed by atoms with Crippen LogP contribution in [0.3, 0.4) is 0 Å². The summed E-state index contributed by atoms with van der Waals surface area (Å²) >= 11 is 0. The molecule has 11 nitrogen and oxygen atoms in total. The van der Waals surface area contributed by atoms with Crippen LogP contribution in [0, 0.1) is 5.82 Å². The van der Waals surface area contributed by atoms with Crippen molar-refractivity contribution in [2.24, 2.45) is 0 Å². The molecule has 1 aliphatic heterocycles. The minimum atomic E-state index is -0.908. The maximum absolute atomic E-state index is 14.2. The van der Waals surface area contributed by atoms with E-state index in [4.69, 9.17) is 9.84 Å². The molecule has 1 N–H and O–H groups in total. The fraction of sp³-hybridized carbons (Fsp3) is 0.375. The number of hydrogen-bond acceptors (Lipinski definition) is 7. The Labute approximate surface area is 158 Å². The Kier molecular flexibility index (Phi) is 4.83. The van der Waals surface area contributed by atoms with Gasteiger partial charge in [0.15, 0.2) is 11.6 Å². The first-order valence-corrected chi connectivity index (χ1v) is 8.64. The third-order valence-electron chi connectivity index (χ3n) is 4.52. The first-order chi connectivity index (χ1) is 13.6. The highest BCUT2D eigenvalue weighted by atomic mass is 19.1. The van der Waals surface area contributed by atoms with Gasteiger partial charge in [0.05, 0.1) is 17.9 Å². The number of carbonyl (C=O) groups is 1. The number of halogens is 1. The average molecular weight is 388 g/mol. The van der Waals surface area contributed by atoms with E-state index in [9.17, 15) is 9.18 Å². The number of benzene rings is 1. The summed E-state index contributed by atoms with van der Waals surface area (Å²) in [5.41, 5.74) is 1.04. The normalized spacial score (nSPS) is 15.0. The molecule has 2 aromatic heterocycles. The Morgan fingerprint density at radius 3 is 2.82 bits per heavy atom. The van der Waals surface area contributed by atoms with Gasteiger partial charge in [-0.1, -0.05) is 0 Å². The Morgan fingerprint density at radius 1 is 1.32 bits per heavy atom. The fourth-order valence-electron chi connectivity index (χ4n) is 3.02. The lowest BCUT2D eigenvalue weighted by atomic mass is 10.1. The van der Waals surface area contributed by atoms with Crippen LogP contribution in [0.2, 0.25) is 0 Å². The van der Waals surface area contributed by atoms with E-state index in [2.05, 4.69) is 25.7 Å². The summed E-state index contributed by atoms with van der Waals surface area (Å²) < 4.78 is 21.1. The molecule has 0 aliphatic carbocycles. The van der Waals surface area contributed by atoms with Crippen LogP contribution in [0.15, 0.2) is 30.7 Å². The minimum absolute atomic E-state index is 0.0386. The maximum Gasteiger partial charge on any atom is 0.407 e. The zero-order chi connectivity index (χ0) is 19.5. The molecule has 0 bridgehead atoms. The SMILES string of the molecule is O=C(O)N1CCC(n2ncc(COc3ccc(-n4cnnn4)cc3F)n2)CC1. The summed E-state index contributed by atoms with van der Waals surface area (Å²) in [6.07, 6.45) is 3.32. The van der Waals surface area contributed by atoms with Crippen LogP contribution in [0.5, 0.6) is 5.75 Å². The molecule has 1 aliphatic rings. The lowest BCUT2D eigenvalue weighted by Crippen LogP contribution is -2.38. The number of amides is 1. The molecule has 1 saturated heterocycles. The van der Waals surface area contributed by atoms with E-state index in [-0.39, 0.29) is 18.4 Å². The molecule has 0 saturated carbocycles. The molecule has 3 heterocycles. The van der Waals surface area contributed by atoms with Crippen LogP contribution in [0.1, 0.15) is 24.6 Å². The number of nitrogens with zero attached hydrogens (tertiary/aromatic N) is 8. The molecule has 1 amide bonds. The van der Waals surface area contributed by atoms with Crippen LogP contribution < -0.4 is 4.74 Å². The third kappa shape index (κ3) is 3.75.